The van der Waals surface area contributed by atoms with Gasteiger partial charge in [0.1, 0.15) is 11.2 Å². The molecule has 0 saturated carbocycles. The van der Waals surface area contributed by atoms with Gasteiger partial charge in [-0.2, -0.15) is 0 Å². The third-order valence-corrected chi connectivity index (χ3v) is 15.0. The summed E-state index contributed by atoms with van der Waals surface area (Å²) in [4.78, 5) is 2.48. The maximum absolute atomic E-state index is 6.32. The van der Waals surface area contributed by atoms with Crippen LogP contribution in [0.3, 0.4) is 0 Å². The Morgan fingerprint density at radius 3 is 1.48 bits per heavy atom. The van der Waals surface area contributed by atoms with E-state index in [1.54, 1.807) is 0 Å². The zero-order chi connectivity index (χ0) is 42.2. The molecule has 300 valence electrons. The molecule has 0 amide bonds. The molecule has 3 aliphatic rings. The SMILES string of the molecule is CC1(C)c2ccccc2-c2ccc(N(c3ccc(-c4cccc5oc6ccccc6c45)cc3)c3ccc4c(c3)C3(c5ccccc5-4)c4ccccc4C(C)(C)c4ccccc43)cc21. The van der Waals surface area contributed by atoms with E-state index in [-0.39, 0.29) is 10.8 Å². The average molecular weight is 808 g/mol. The van der Waals surface area contributed by atoms with Crippen molar-refractivity contribution < 1.29 is 4.42 Å². The molecule has 2 nitrogen and oxygen atoms in total. The lowest BCUT2D eigenvalue weighted by atomic mass is 9.55. The molecule has 2 heteroatoms. The van der Waals surface area contributed by atoms with Crippen LogP contribution >= 0.6 is 0 Å². The third kappa shape index (κ3) is 4.79. The molecule has 3 aliphatic carbocycles. The summed E-state index contributed by atoms with van der Waals surface area (Å²) >= 11 is 0. The van der Waals surface area contributed by atoms with Gasteiger partial charge in [-0.25, -0.2) is 0 Å². The minimum Gasteiger partial charge on any atom is -0.456 e. The Balaban J connectivity index is 1.05. The van der Waals surface area contributed by atoms with Gasteiger partial charge in [-0.15, -0.1) is 0 Å². The highest BCUT2D eigenvalue weighted by atomic mass is 16.3. The molecule has 0 N–H and O–H groups in total. The molecule has 0 radical (unpaired) electrons. The molecular weight excluding hydrogens is 763 g/mol. The fourth-order valence-corrected chi connectivity index (χ4v) is 12.1. The lowest BCUT2D eigenvalue weighted by molar-refractivity contribution is 0.563. The van der Waals surface area contributed by atoms with E-state index in [1.165, 1.54) is 72.3 Å². The van der Waals surface area contributed by atoms with E-state index in [2.05, 4.69) is 227 Å². The van der Waals surface area contributed by atoms with Crippen LogP contribution in [-0.4, -0.2) is 0 Å². The summed E-state index contributed by atoms with van der Waals surface area (Å²) in [5, 5.41) is 2.29. The Hall–Kier alpha value is -7.42. The van der Waals surface area contributed by atoms with E-state index in [0.717, 1.165) is 44.6 Å². The number of fused-ring (bicyclic) bond motifs is 15. The monoisotopic (exact) mass is 807 g/mol. The predicted octanol–water partition coefficient (Wildman–Crippen LogP) is 16.0. The van der Waals surface area contributed by atoms with Gasteiger partial charge >= 0.3 is 0 Å². The van der Waals surface area contributed by atoms with Crippen molar-refractivity contribution >= 4 is 39.0 Å². The van der Waals surface area contributed by atoms with Crippen molar-refractivity contribution in [2.75, 3.05) is 4.90 Å². The zero-order valence-corrected chi connectivity index (χ0v) is 35.9. The molecule has 10 aromatic rings. The van der Waals surface area contributed by atoms with Crippen molar-refractivity contribution in [3.63, 3.8) is 0 Å². The Morgan fingerprint density at radius 2 is 0.794 bits per heavy atom. The molecule has 1 spiro atoms. The second-order valence-electron chi connectivity index (χ2n) is 18.8. The first-order valence-corrected chi connectivity index (χ1v) is 22.3. The summed E-state index contributed by atoms with van der Waals surface area (Å²) in [6.07, 6.45) is 0. The topological polar surface area (TPSA) is 16.4 Å². The smallest absolute Gasteiger partial charge is 0.136 e. The van der Waals surface area contributed by atoms with Gasteiger partial charge in [0.25, 0.3) is 0 Å². The molecule has 0 fully saturated rings. The zero-order valence-electron chi connectivity index (χ0n) is 35.9. The maximum Gasteiger partial charge on any atom is 0.136 e. The second kappa shape index (κ2) is 12.8. The predicted molar refractivity (Wildman–Crippen MR) is 261 cm³/mol. The summed E-state index contributed by atoms with van der Waals surface area (Å²) in [6.45, 7) is 9.53. The number of para-hydroxylation sites is 1. The van der Waals surface area contributed by atoms with Crippen molar-refractivity contribution in [1.82, 2.24) is 0 Å². The summed E-state index contributed by atoms with van der Waals surface area (Å²) in [5.74, 6) is 0. The molecule has 0 atom stereocenters. The van der Waals surface area contributed by atoms with E-state index in [9.17, 15) is 0 Å². The number of benzene rings is 9. The highest BCUT2D eigenvalue weighted by Crippen LogP contribution is 2.63. The highest BCUT2D eigenvalue weighted by molar-refractivity contribution is 6.12. The Kier molecular flexibility index (Phi) is 7.37. The van der Waals surface area contributed by atoms with Crippen LogP contribution in [0.15, 0.2) is 205 Å². The lowest BCUT2D eigenvalue weighted by Gasteiger charge is -2.46. The van der Waals surface area contributed by atoms with Crippen molar-refractivity contribution in [3.8, 4) is 33.4 Å². The molecule has 1 aromatic heterocycles. The maximum atomic E-state index is 6.32. The number of rotatable bonds is 4. The van der Waals surface area contributed by atoms with Crippen molar-refractivity contribution in [3.05, 3.63) is 245 Å². The van der Waals surface area contributed by atoms with Gasteiger partial charge < -0.3 is 9.32 Å². The molecule has 0 aliphatic heterocycles. The van der Waals surface area contributed by atoms with Crippen LogP contribution in [0.2, 0.25) is 0 Å². The first-order valence-electron chi connectivity index (χ1n) is 22.3. The average Bonchev–Trinajstić information content (AvgIpc) is 3.93. The summed E-state index contributed by atoms with van der Waals surface area (Å²) in [5.41, 5.74) is 22.8. The Bertz CT molecular complexity index is 3480. The van der Waals surface area contributed by atoms with Crippen LogP contribution in [0.4, 0.5) is 17.1 Å². The minimum atomic E-state index is -0.492. The van der Waals surface area contributed by atoms with E-state index in [1.807, 2.05) is 6.07 Å². The molecule has 1 heterocycles. The minimum absolute atomic E-state index is 0.143. The number of anilines is 3. The summed E-state index contributed by atoms with van der Waals surface area (Å²) in [7, 11) is 0. The molecule has 63 heavy (non-hydrogen) atoms. The third-order valence-electron chi connectivity index (χ3n) is 15.0. The number of nitrogens with zero attached hydrogens (tertiary/aromatic N) is 1. The van der Waals surface area contributed by atoms with Crippen LogP contribution < -0.4 is 4.90 Å². The lowest BCUT2D eigenvalue weighted by Crippen LogP contribution is -2.40. The number of hydrogen-bond donors (Lipinski definition) is 0. The van der Waals surface area contributed by atoms with Gasteiger partial charge in [-0.1, -0.05) is 179 Å². The molecule has 0 saturated heterocycles. The molecule has 0 bridgehead atoms. The van der Waals surface area contributed by atoms with Crippen molar-refractivity contribution in [2.24, 2.45) is 0 Å². The van der Waals surface area contributed by atoms with Crippen LogP contribution in [0.5, 0.6) is 0 Å². The largest absolute Gasteiger partial charge is 0.456 e. The van der Waals surface area contributed by atoms with Crippen molar-refractivity contribution in [2.45, 2.75) is 43.9 Å². The van der Waals surface area contributed by atoms with Gasteiger partial charge in [0, 0.05) is 38.7 Å². The van der Waals surface area contributed by atoms with Gasteiger partial charge in [-0.05, 0) is 126 Å². The number of hydrogen-bond acceptors (Lipinski definition) is 2. The Labute approximate surface area is 368 Å². The standard InChI is InChI=1S/C61H45NO/c1-59(2)48-20-8-5-16-43(48)45-34-32-40(36-54(45)59)62(39-30-28-38(29-31-39)42-19-15-27-57-58(42)47-18-7-14-26-56(47)63-57)41-33-35-46-44-17-6-9-21-49(44)61(55(46)37-41)52-24-12-10-22-50(52)60(3,4)51-23-11-13-25-53(51)61/h5-37H,1-4H3. The van der Waals surface area contributed by atoms with Crippen LogP contribution in [-0.2, 0) is 16.2 Å². The Morgan fingerprint density at radius 1 is 0.333 bits per heavy atom. The molecule has 9 aromatic carbocycles. The summed E-state index contributed by atoms with van der Waals surface area (Å²) < 4.78 is 6.32. The van der Waals surface area contributed by atoms with Crippen LogP contribution in [0.25, 0.3) is 55.3 Å². The van der Waals surface area contributed by atoms with Gasteiger partial charge in [0.15, 0.2) is 0 Å². The molecule has 13 rings (SSSR count). The first-order chi connectivity index (χ1) is 30.8. The van der Waals surface area contributed by atoms with Crippen molar-refractivity contribution in [1.29, 1.82) is 0 Å². The molecule has 0 unspecified atom stereocenters. The summed E-state index contributed by atoms with van der Waals surface area (Å²) in [6, 6.07) is 74.8. The van der Waals surface area contributed by atoms with Gasteiger partial charge in [0.05, 0.1) is 5.41 Å². The number of furan rings is 1. The highest BCUT2D eigenvalue weighted by Gasteiger charge is 2.53. The molecular formula is C61H45NO. The fourth-order valence-electron chi connectivity index (χ4n) is 12.1. The van der Waals surface area contributed by atoms with Gasteiger partial charge in [0.2, 0.25) is 0 Å². The normalized spacial score (nSPS) is 15.4. The van der Waals surface area contributed by atoms with E-state index >= 15 is 0 Å². The first kappa shape index (κ1) is 36.3. The fraction of sp³-hybridized carbons (Fsp3) is 0.115. The van der Waals surface area contributed by atoms with E-state index in [0.29, 0.717) is 0 Å². The van der Waals surface area contributed by atoms with E-state index in [4.69, 9.17) is 4.42 Å². The van der Waals surface area contributed by atoms with Gasteiger partial charge in [-0.3, -0.25) is 0 Å². The van der Waals surface area contributed by atoms with Crippen LogP contribution in [0, 0.1) is 0 Å². The van der Waals surface area contributed by atoms with E-state index < -0.39 is 5.41 Å². The van der Waals surface area contributed by atoms with Crippen LogP contribution in [0.1, 0.15) is 72.2 Å². The quantitative estimate of drug-likeness (QED) is 0.176. The second-order valence-corrected chi connectivity index (χ2v) is 18.8.